The van der Waals surface area contributed by atoms with Crippen molar-refractivity contribution in [2.24, 2.45) is 0 Å². The van der Waals surface area contributed by atoms with Gasteiger partial charge in [-0.1, -0.05) is 56.8 Å². The summed E-state index contributed by atoms with van der Waals surface area (Å²) in [7, 11) is 0. The summed E-state index contributed by atoms with van der Waals surface area (Å²) in [5.41, 5.74) is 5.19. The number of nitrogens with one attached hydrogen (secondary N) is 1. The molecule has 0 atom stereocenters. The van der Waals surface area contributed by atoms with Crippen molar-refractivity contribution in [2.75, 3.05) is 80.6 Å². The number of phenolic OH excluding ortho intramolecular Hbond substituents is 3. The average molecular weight is 898 g/mol. The number of halogens is 1. The van der Waals surface area contributed by atoms with Gasteiger partial charge >= 0.3 is 0 Å². The Balaban J connectivity index is 0.818. The van der Waals surface area contributed by atoms with Gasteiger partial charge in [0.05, 0.1) is 17.8 Å². The third-order valence-corrected chi connectivity index (χ3v) is 13.4. The van der Waals surface area contributed by atoms with Crippen LogP contribution in [0.4, 0.5) is 21.8 Å². The van der Waals surface area contributed by atoms with E-state index in [4.69, 9.17) is 9.97 Å². The van der Waals surface area contributed by atoms with Gasteiger partial charge in [0.1, 0.15) is 28.9 Å². The van der Waals surface area contributed by atoms with Gasteiger partial charge in [0.25, 0.3) is 5.91 Å². The average Bonchev–Trinajstić information content (AvgIpc) is 3.77. The van der Waals surface area contributed by atoms with Gasteiger partial charge in [-0.05, 0) is 47.1 Å². The fourth-order valence-corrected chi connectivity index (χ4v) is 9.74. The number of nitrogens with zero attached hydrogens (tertiary/aromatic N) is 8. The summed E-state index contributed by atoms with van der Waals surface area (Å²) >= 11 is 0. The summed E-state index contributed by atoms with van der Waals surface area (Å²) in [4.78, 5) is 61.1. The summed E-state index contributed by atoms with van der Waals surface area (Å²) in [6.07, 6.45) is 2.27. The largest absolute Gasteiger partial charge is 0.508 e. The molecule has 4 aliphatic heterocycles. The number of hydrogen-bond donors (Lipinski definition) is 4. The molecule has 0 bridgehead atoms. The first-order valence-electron chi connectivity index (χ1n) is 22.8. The molecule has 0 radical (unpaired) electrons. The number of carbonyl (C=O) groups is 3. The molecule has 0 saturated carbocycles. The number of aromatic hydroxyl groups is 3. The van der Waals surface area contributed by atoms with Gasteiger partial charge < -0.3 is 45.1 Å². The quantitative estimate of drug-likeness (QED) is 0.120. The zero-order chi connectivity index (χ0) is 46.2. The smallest absolute Gasteiger partial charge is 0.258 e. The van der Waals surface area contributed by atoms with E-state index in [-0.39, 0.29) is 65.9 Å². The highest BCUT2D eigenvalue weighted by Gasteiger charge is 2.32. The lowest BCUT2D eigenvalue weighted by atomic mass is 9.98. The number of hydrogen-bond acceptors (Lipinski definition) is 12. The molecular weight excluding hydrogens is 842 g/mol. The van der Waals surface area contributed by atoms with Gasteiger partial charge in [-0.2, -0.15) is 4.98 Å². The molecule has 4 aromatic carbocycles. The Bertz CT molecular complexity index is 2710. The normalized spacial score (nSPS) is 16.5. The maximum absolute atomic E-state index is 16.0. The maximum atomic E-state index is 16.0. The number of aromatic nitrogens is 2. The minimum absolute atomic E-state index is 0.000991. The highest BCUT2D eigenvalue weighted by atomic mass is 19.1. The van der Waals surface area contributed by atoms with Crippen LogP contribution in [0.1, 0.15) is 70.1 Å². The number of piperazine rings is 2. The molecular formula is C50H56FN9O6. The van der Waals surface area contributed by atoms with Gasteiger partial charge in [-0.3, -0.25) is 19.3 Å². The second-order valence-corrected chi connectivity index (χ2v) is 17.9. The van der Waals surface area contributed by atoms with Crippen molar-refractivity contribution in [3.63, 3.8) is 0 Å². The van der Waals surface area contributed by atoms with E-state index in [1.165, 1.54) is 23.1 Å². The molecule has 3 amide bonds. The van der Waals surface area contributed by atoms with Crippen molar-refractivity contribution in [3.8, 4) is 17.2 Å². The molecule has 4 N–H and O–H groups in total. The summed E-state index contributed by atoms with van der Waals surface area (Å²) in [6, 6.07) is 17.9. The summed E-state index contributed by atoms with van der Waals surface area (Å²) in [6.45, 7) is 14.1. The molecule has 0 unspecified atom stereocenters. The van der Waals surface area contributed by atoms with Crippen molar-refractivity contribution in [1.29, 1.82) is 0 Å². The van der Waals surface area contributed by atoms with E-state index in [2.05, 4.69) is 32.7 Å². The lowest BCUT2D eigenvalue weighted by Gasteiger charge is -2.38. The molecule has 344 valence electrons. The predicted molar refractivity (Wildman–Crippen MR) is 250 cm³/mol. The van der Waals surface area contributed by atoms with Gasteiger partial charge in [0, 0.05) is 131 Å². The van der Waals surface area contributed by atoms with E-state index >= 15 is 4.39 Å². The number of phenols is 3. The highest BCUT2D eigenvalue weighted by molar-refractivity contribution is 5.98. The molecule has 5 aromatic rings. The van der Waals surface area contributed by atoms with Crippen LogP contribution >= 0.6 is 0 Å². The van der Waals surface area contributed by atoms with E-state index in [9.17, 15) is 29.7 Å². The summed E-state index contributed by atoms with van der Waals surface area (Å²) < 4.78 is 16.0. The number of rotatable bonds is 11. The number of benzene rings is 4. The minimum Gasteiger partial charge on any atom is -0.508 e. The van der Waals surface area contributed by atoms with Crippen LogP contribution in [0.15, 0.2) is 73.3 Å². The Morgan fingerprint density at radius 2 is 1.56 bits per heavy atom. The summed E-state index contributed by atoms with van der Waals surface area (Å²) in [5, 5.41) is 36.7. The van der Waals surface area contributed by atoms with Crippen molar-refractivity contribution in [3.05, 3.63) is 118 Å². The molecule has 66 heavy (non-hydrogen) atoms. The van der Waals surface area contributed by atoms with E-state index in [0.29, 0.717) is 108 Å². The third kappa shape index (κ3) is 8.89. The second-order valence-electron chi connectivity index (χ2n) is 17.9. The predicted octanol–water partition coefficient (Wildman–Crippen LogP) is 5.71. The highest BCUT2D eigenvalue weighted by Crippen LogP contribution is 2.38. The topological polar surface area (TPSA) is 169 Å². The molecule has 4 aliphatic rings. The fourth-order valence-electron chi connectivity index (χ4n) is 9.74. The standard InChI is InChI=1S/C50H56FN9O6/c1-4-45(64)56-19-21-58(22-20-56)48-37-12-14-59(42-24-35(61)23-32-7-5-6-8-36(32)42)30-41(37)53-50(54-48)52-13-11-46(65)57-17-15-55(16-18-57)27-34-10-9-33-28-60(29-40(33)47(34)51)49(66)39-25-38(31(2)3)43(62)26-44(39)63/h4-10,23-26,31,61-63H,1,11-22,27-30H2,2-3H3,(H,52,53,54). The fraction of sp³-hybridized carbons (Fsp3) is 0.380. The van der Waals surface area contributed by atoms with E-state index in [0.717, 1.165) is 39.1 Å². The van der Waals surface area contributed by atoms with Crippen molar-refractivity contribution in [1.82, 2.24) is 29.6 Å². The number of carbonyl (C=O) groups excluding carboxylic acids is 3. The van der Waals surface area contributed by atoms with Gasteiger partial charge in [0.2, 0.25) is 17.8 Å². The SMILES string of the molecule is C=CC(=O)N1CCN(c2nc(NCCC(=O)N3CCN(Cc4ccc5c(c4F)CN(C(=O)c4cc(C(C)C)c(O)cc4O)C5)CC3)nc3c2CCN(c2cc(O)cc4ccccc24)C3)CC1. The van der Waals surface area contributed by atoms with Crippen LogP contribution in [-0.2, 0) is 42.2 Å². The Labute approximate surface area is 383 Å². The molecule has 0 aliphatic carbocycles. The Hall–Kier alpha value is -6.94. The van der Waals surface area contributed by atoms with Gasteiger partial charge in [0.15, 0.2) is 0 Å². The molecule has 16 heteroatoms. The van der Waals surface area contributed by atoms with Crippen LogP contribution < -0.4 is 15.1 Å². The van der Waals surface area contributed by atoms with Crippen LogP contribution in [-0.4, -0.2) is 128 Å². The van der Waals surface area contributed by atoms with Gasteiger partial charge in [-0.15, -0.1) is 0 Å². The molecule has 2 fully saturated rings. The van der Waals surface area contributed by atoms with Crippen molar-refractivity contribution in [2.45, 2.75) is 58.8 Å². The van der Waals surface area contributed by atoms with E-state index in [1.54, 1.807) is 23.1 Å². The zero-order valence-corrected chi connectivity index (χ0v) is 37.5. The lowest BCUT2D eigenvalue weighted by molar-refractivity contribution is -0.132. The van der Waals surface area contributed by atoms with Crippen LogP contribution in [0.25, 0.3) is 10.8 Å². The molecule has 1 aromatic heterocycles. The first-order valence-corrected chi connectivity index (χ1v) is 22.8. The molecule has 9 rings (SSSR count). The molecule has 2 saturated heterocycles. The van der Waals surface area contributed by atoms with Crippen molar-refractivity contribution < 1.29 is 34.1 Å². The Morgan fingerprint density at radius 3 is 2.32 bits per heavy atom. The van der Waals surface area contributed by atoms with Crippen LogP contribution in [0, 0.1) is 5.82 Å². The number of fused-ring (bicyclic) bond motifs is 3. The monoisotopic (exact) mass is 897 g/mol. The second kappa shape index (κ2) is 18.5. The van der Waals surface area contributed by atoms with Gasteiger partial charge in [-0.25, -0.2) is 9.37 Å². The lowest BCUT2D eigenvalue weighted by Crippen LogP contribution is -2.49. The first-order chi connectivity index (χ1) is 31.8. The summed E-state index contributed by atoms with van der Waals surface area (Å²) in [5.74, 6) is 0.140. The van der Waals surface area contributed by atoms with E-state index in [1.807, 2.05) is 43.0 Å². The number of amides is 3. The maximum Gasteiger partial charge on any atom is 0.258 e. The molecule has 15 nitrogen and oxygen atoms in total. The van der Waals surface area contributed by atoms with Crippen LogP contribution in [0.3, 0.4) is 0 Å². The van der Waals surface area contributed by atoms with Crippen LogP contribution in [0.2, 0.25) is 0 Å². The zero-order valence-electron chi connectivity index (χ0n) is 37.5. The van der Waals surface area contributed by atoms with Crippen LogP contribution in [0.5, 0.6) is 17.2 Å². The van der Waals surface area contributed by atoms with E-state index < -0.39 is 5.91 Å². The molecule has 5 heterocycles. The third-order valence-electron chi connectivity index (χ3n) is 13.4. The van der Waals surface area contributed by atoms with Crippen molar-refractivity contribution >= 4 is 45.9 Å². The molecule has 0 spiro atoms. The number of anilines is 3. The first kappa shape index (κ1) is 44.3. The minimum atomic E-state index is -0.428. The Kier molecular flexibility index (Phi) is 12.4. The Morgan fingerprint density at radius 1 is 0.803 bits per heavy atom.